The van der Waals surface area contributed by atoms with E-state index in [2.05, 4.69) is 27.4 Å². The summed E-state index contributed by atoms with van der Waals surface area (Å²) in [5, 5.41) is 6.78. The van der Waals surface area contributed by atoms with Crippen LogP contribution in [0.1, 0.15) is 32.6 Å². The number of guanidine groups is 1. The Hall–Kier alpha value is -1.13. The zero-order chi connectivity index (χ0) is 18.7. The smallest absolute Gasteiger partial charge is 0.194 e. The number of halogens is 1. The van der Waals surface area contributed by atoms with Gasteiger partial charge in [-0.25, -0.2) is 4.98 Å². The molecule has 0 spiro atoms. The van der Waals surface area contributed by atoms with Gasteiger partial charge in [-0.05, 0) is 44.7 Å². The predicted octanol–water partition coefficient (Wildman–Crippen LogP) is 2.74. The van der Waals surface area contributed by atoms with Gasteiger partial charge < -0.3 is 25.0 Å². The van der Waals surface area contributed by atoms with Crippen LogP contribution in [0.2, 0.25) is 0 Å². The molecular weight excluding hydrogens is 469 g/mol. The number of aromatic nitrogens is 1. The maximum atomic E-state index is 5.96. The van der Waals surface area contributed by atoms with Crippen LogP contribution in [0, 0.1) is 0 Å². The Morgan fingerprint density at radius 1 is 1.25 bits per heavy atom. The summed E-state index contributed by atoms with van der Waals surface area (Å²) in [6, 6.07) is 5.91. The summed E-state index contributed by atoms with van der Waals surface area (Å²) in [7, 11) is 0. The van der Waals surface area contributed by atoms with E-state index < -0.39 is 0 Å². The van der Waals surface area contributed by atoms with Gasteiger partial charge in [-0.1, -0.05) is 6.07 Å². The maximum absolute atomic E-state index is 5.96. The van der Waals surface area contributed by atoms with Crippen molar-refractivity contribution in [3.05, 3.63) is 24.4 Å². The number of unbranched alkanes of at least 4 members (excludes halogenated alkanes) is 1. The van der Waals surface area contributed by atoms with Crippen molar-refractivity contribution in [2.75, 3.05) is 51.3 Å². The van der Waals surface area contributed by atoms with Crippen LogP contribution in [0.5, 0.6) is 0 Å². The van der Waals surface area contributed by atoms with Crippen molar-refractivity contribution >= 4 is 35.8 Å². The van der Waals surface area contributed by atoms with Crippen LogP contribution in [0.15, 0.2) is 29.4 Å². The average molecular weight is 503 g/mol. The summed E-state index contributed by atoms with van der Waals surface area (Å²) < 4.78 is 11.8. The molecule has 0 aromatic carbocycles. The first kappa shape index (κ1) is 23.2. The van der Waals surface area contributed by atoms with Crippen LogP contribution >= 0.6 is 24.0 Å². The van der Waals surface area contributed by atoms with Crippen molar-refractivity contribution in [1.82, 2.24) is 15.2 Å². The second kappa shape index (κ2) is 13.2. The normalized spacial score (nSPS) is 22.6. The lowest BCUT2D eigenvalue weighted by Crippen LogP contribution is -2.53. The molecule has 2 unspecified atom stereocenters. The quantitative estimate of drug-likeness (QED) is 0.246. The fourth-order valence-corrected chi connectivity index (χ4v) is 3.52. The number of hydrogen-bond acceptors (Lipinski definition) is 5. The molecule has 2 N–H and O–H groups in total. The lowest BCUT2D eigenvalue weighted by molar-refractivity contribution is -0.0817. The largest absolute Gasteiger partial charge is 0.375 e. The van der Waals surface area contributed by atoms with E-state index in [1.54, 1.807) is 0 Å². The fourth-order valence-electron chi connectivity index (χ4n) is 3.52. The maximum Gasteiger partial charge on any atom is 0.194 e. The Kier molecular flexibility index (Phi) is 10.9. The van der Waals surface area contributed by atoms with Crippen molar-refractivity contribution in [2.24, 2.45) is 4.99 Å². The molecule has 1 aromatic rings. The number of nitrogens with one attached hydrogen (secondary N) is 2. The minimum Gasteiger partial charge on any atom is -0.375 e. The standard InChI is InChI=1S/C20H33N5O2.HI/c1-2-21-20(24-12-6-5-11-23-19-9-3-4-10-22-19)25-13-15-27-18(16-25)17-8-7-14-26-17;/h3-4,9-10,17-18H,2,5-8,11-16H2,1H3,(H,21,24)(H,22,23);1H. The van der Waals surface area contributed by atoms with Gasteiger partial charge in [-0.15, -0.1) is 24.0 Å². The molecule has 7 nitrogen and oxygen atoms in total. The van der Waals surface area contributed by atoms with E-state index in [4.69, 9.17) is 14.5 Å². The van der Waals surface area contributed by atoms with Gasteiger partial charge in [0.25, 0.3) is 0 Å². The van der Waals surface area contributed by atoms with Crippen LogP contribution in [0.4, 0.5) is 5.82 Å². The molecule has 158 valence electrons. The van der Waals surface area contributed by atoms with Gasteiger partial charge in [-0.2, -0.15) is 0 Å². The van der Waals surface area contributed by atoms with Crippen molar-refractivity contribution < 1.29 is 9.47 Å². The number of anilines is 1. The highest BCUT2D eigenvalue weighted by molar-refractivity contribution is 14.0. The Labute approximate surface area is 185 Å². The molecule has 1 aromatic heterocycles. The van der Waals surface area contributed by atoms with E-state index in [0.29, 0.717) is 0 Å². The van der Waals surface area contributed by atoms with Gasteiger partial charge in [-0.3, -0.25) is 4.99 Å². The minimum absolute atomic E-state index is 0. The van der Waals surface area contributed by atoms with Crippen LogP contribution in [0.3, 0.4) is 0 Å². The first-order valence-electron chi connectivity index (χ1n) is 10.3. The molecule has 28 heavy (non-hydrogen) atoms. The summed E-state index contributed by atoms with van der Waals surface area (Å²) in [5.41, 5.74) is 0. The van der Waals surface area contributed by atoms with E-state index in [1.807, 2.05) is 24.4 Å². The zero-order valence-corrected chi connectivity index (χ0v) is 19.1. The SMILES string of the molecule is CCNC(=NCCCCNc1ccccn1)N1CCOC(C2CCCO2)C1.I. The number of aliphatic imine (C=N–C) groups is 1. The fraction of sp³-hybridized carbons (Fsp3) is 0.700. The Morgan fingerprint density at radius 3 is 2.89 bits per heavy atom. The third-order valence-corrected chi connectivity index (χ3v) is 4.92. The van der Waals surface area contributed by atoms with Gasteiger partial charge in [0.15, 0.2) is 5.96 Å². The van der Waals surface area contributed by atoms with Crippen LogP contribution in [0.25, 0.3) is 0 Å². The van der Waals surface area contributed by atoms with Crippen molar-refractivity contribution in [1.29, 1.82) is 0 Å². The molecule has 0 saturated carbocycles. The molecule has 0 amide bonds. The zero-order valence-electron chi connectivity index (χ0n) is 16.8. The van der Waals surface area contributed by atoms with E-state index in [1.165, 1.54) is 0 Å². The number of ether oxygens (including phenoxy) is 2. The Bertz CT molecular complexity index is 569. The molecule has 2 saturated heterocycles. The molecule has 2 aliphatic rings. The highest BCUT2D eigenvalue weighted by Gasteiger charge is 2.32. The Morgan fingerprint density at radius 2 is 2.14 bits per heavy atom. The molecular formula is C20H34IN5O2. The lowest BCUT2D eigenvalue weighted by Gasteiger charge is -2.37. The summed E-state index contributed by atoms with van der Waals surface area (Å²) in [6.45, 7) is 8.09. The molecule has 0 aliphatic carbocycles. The molecule has 3 rings (SSSR count). The van der Waals surface area contributed by atoms with Crippen LogP contribution < -0.4 is 10.6 Å². The highest BCUT2D eigenvalue weighted by Crippen LogP contribution is 2.21. The molecule has 2 fully saturated rings. The molecule has 2 atom stereocenters. The number of hydrogen-bond donors (Lipinski definition) is 2. The molecule has 0 radical (unpaired) electrons. The minimum atomic E-state index is 0. The van der Waals surface area contributed by atoms with Crippen molar-refractivity contribution in [2.45, 2.75) is 44.8 Å². The summed E-state index contributed by atoms with van der Waals surface area (Å²) >= 11 is 0. The van der Waals surface area contributed by atoms with Crippen molar-refractivity contribution in [3.8, 4) is 0 Å². The number of pyridine rings is 1. The molecule has 2 aliphatic heterocycles. The summed E-state index contributed by atoms with van der Waals surface area (Å²) in [4.78, 5) is 11.4. The molecule has 0 bridgehead atoms. The van der Waals surface area contributed by atoms with Crippen molar-refractivity contribution in [3.63, 3.8) is 0 Å². The van der Waals surface area contributed by atoms with Gasteiger partial charge >= 0.3 is 0 Å². The highest BCUT2D eigenvalue weighted by atomic mass is 127. The predicted molar refractivity (Wildman–Crippen MR) is 124 cm³/mol. The number of rotatable bonds is 8. The first-order chi connectivity index (χ1) is 13.4. The monoisotopic (exact) mass is 503 g/mol. The van der Waals surface area contributed by atoms with Gasteiger partial charge in [0, 0.05) is 45.5 Å². The summed E-state index contributed by atoms with van der Waals surface area (Å²) in [6.07, 6.45) is 6.58. The Balaban J connectivity index is 0.00000280. The van der Waals surface area contributed by atoms with Gasteiger partial charge in [0.1, 0.15) is 11.9 Å². The van der Waals surface area contributed by atoms with E-state index >= 15 is 0 Å². The lowest BCUT2D eigenvalue weighted by atomic mass is 10.1. The second-order valence-electron chi connectivity index (χ2n) is 6.99. The number of nitrogens with zero attached hydrogens (tertiary/aromatic N) is 3. The summed E-state index contributed by atoms with van der Waals surface area (Å²) in [5.74, 6) is 1.93. The number of morpholine rings is 1. The van der Waals surface area contributed by atoms with Crippen LogP contribution in [-0.4, -0.2) is 74.0 Å². The molecule has 8 heteroatoms. The van der Waals surface area contributed by atoms with E-state index in [-0.39, 0.29) is 36.2 Å². The average Bonchev–Trinajstić information content (AvgIpc) is 3.25. The van der Waals surface area contributed by atoms with Gasteiger partial charge in [0.05, 0.1) is 12.7 Å². The van der Waals surface area contributed by atoms with E-state index in [9.17, 15) is 0 Å². The molecule has 3 heterocycles. The second-order valence-corrected chi connectivity index (χ2v) is 6.99. The first-order valence-corrected chi connectivity index (χ1v) is 10.3. The third-order valence-electron chi connectivity index (χ3n) is 4.92. The third kappa shape index (κ3) is 7.36. The topological polar surface area (TPSA) is 71.0 Å². The van der Waals surface area contributed by atoms with Crippen LogP contribution in [-0.2, 0) is 9.47 Å². The van der Waals surface area contributed by atoms with Gasteiger partial charge in [0.2, 0.25) is 0 Å². The van der Waals surface area contributed by atoms with E-state index in [0.717, 1.165) is 83.4 Å².